The van der Waals surface area contributed by atoms with Gasteiger partial charge in [0.2, 0.25) is 17.5 Å². The van der Waals surface area contributed by atoms with Crippen molar-refractivity contribution in [1.82, 2.24) is 5.32 Å². The van der Waals surface area contributed by atoms with Crippen LogP contribution in [0.5, 0.6) is 5.75 Å². The number of carbonyl (C=O) groups excluding carboxylic acids is 1. The summed E-state index contributed by atoms with van der Waals surface area (Å²) in [6.07, 6.45) is 11.4. The maximum atomic E-state index is 11.2. The number of carbonyl (C=O) groups is 1. The highest BCUT2D eigenvalue weighted by Crippen LogP contribution is 2.53. The van der Waals surface area contributed by atoms with Crippen molar-refractivity contribution in [3.05, 3.63) is 29.3 Å². The average molecular weight is 444 g/mol. The molecular formula is C26H37NO5. The van der Waals surface area contributed by atoms with Crippen LogP contribution in [-0.2, 0) is 25.9 Å². The fourth-order valence-electron chi connectivity index (χ4n) is 6.67. The predicted molar refractivity (Wildman–Crippen MR) is 119 cm³/mol. The number of hydrogen-bond acceptors (Lipinski definition) is 5. The maximum absolute atomic E-state index is 11.2. The topological polar surface area (TPSA) is 77.0 Å². The molecule has 2 N–H and O–H groups in total. The van der Waals surface area contributed by atoms with Crippen LogP contribution in [0.15, 0.2) is 18.2 Å². The number of amides is 1. The largest absolute Gasteiger partial charge is 0.508 e. The van der Waals surface area contributed by atoms with Crippen molar-refractivity contribution in [2.75, 3.05) is 0 Å². The zero-order valence-corrected chi connectivity index (χ0v) is 19.4. The molecule has 3 saturated carbocycles. The lowest BCUT2D eigenvalue weighted by atomic mass is 9.66. The molecule has 1 aromatic carbocycles. The molecule has 1 spiro atoms. The van der Waals surface area contributed by atoms with E-state index in [2.05, 4.69) is 12.2 Å². The molecule has 176 valence electrons. The first kappa shape index (κ1) is 22.2. The van der Waals surface area contributed by atoms with Gasteiger partial charge in [0.25, 0.3) is 0 Å². The van der Waals surface area contributed by atoms with E-state index in [4.69, 9.17) is 14.5 Å². The lowest BCUT2D eigenvalue weighted by Crippen LogP contribution is -2.45. The third-order valence-corrected chi connectivity index (χ3v) is 8.47. The number of hydrogen-bond donors (Lipinski definition) is 2. The fourth-order valence-corrected chi connectivity index (χ4v) is 6.67. The van der Waals surface area contributed by atoms with E-state index in [1.807, 2.05) is 12.1 Å². The standard InChI is InChI=1S/C26H37NO5/c1-17(28)27-16-22-15-21(6-7-24(22)29)20-8-10-26(11-9-20)30-25(2,31-32-26)23-13-18-4-3-5-19(12-18)14-23/h6-7,15,18-20,23,29H,3-5,8-14,16H2,1-2H3,(H,27,28)/t18?,19?,20?,23?,25-,26?/m0/s1. The van der Waals surface area contributed by atoms with Gasteiger partial charge in [0.1, 0.15) is 5.75 Å². The van der Waals surface area contributed by atoms with Crippen LogP contribution < -0.4 is 5.32 Å². The van der Waals surface area contributed by atoms with Crippen molar-refractivity contribution in [2.24, 2.45) is 17.8 Å². The van der Waals surface area contributed by atoms with Gasteiger partial charge in [-0.05, 0) is 68.4 Å². The summed E-state index contributed by atoms with van der Waals surface area (Å²) in [5, 5.41) is 12.9. The highest BCUT2D eigenvalue weighted by Gasteiger charge is 2.56. The lowest BCUT2D eigenvalue weighted by molar-refractivity contribution is -0.361. The maximum Gasteiger partial charge on any atom is 0.217 e. The van der Waals surface area contributed by atoms with Gasteiger partial charge in [0, 0.05) is 37.8 Å². The second-order valence-electron chi connectivity index (χ2n) is 10.8. The molecule has 3 aliphatic carbocycles. The van der Waals surface area contributed by atoms with E-state index in [9.17, 15) is 9.90 Å². The van der Waals surface area contributed by atoms with Gasteiger partial charge in [-0.15, -0.1) is 0 Å². The van der Waals surface area contributed by atoms with Crippen molar-refractivity contribution >= 4 is 5.91 Å². The van der Waals surface area contributed by atoms with Crippen molar-refractivity contribution in [1.29, 1.82) is 0 Å². The van der Waals surface area contributed by atoms with Gasteiger partial charge in [-0.2, -0.15) is 9.78 Å². The lowest BCUT2D eigenvalue weighted by Gasteiger charge is -2.44. The quantitative estimate of drug-likeness (QED) is 0.618. The van der Waals surface area contributed by atoms with Crippen molar-refractivity contribution in [3.8, 4) is 5.75 Å². The van der Waals surface area contributed by atoms with E-state index in [1.165, 1.54) is 51.0 Å². The number of nitrogens with one attached hydrogen (secondary N) is 1. The molecule has 32 heavy (non-hydrogen) atoms. The van der Waals surface area contributed by atoms with Crippen LogP contribution in [0.4, 0.5) is 0 Å². The Labute approximate surface area is 190 Å². The number of ether oxygens (including phenoxy) is 1. The van der Waals surface area contributed by atoms with Gasteiger partial charge in [0.15, 0.2) is 0 Å². The fraction of sp³-hybridized carbons (Fsp3) is 0.731. The van der Waals surface area contributed by atoms with E-state index in [-0.39, 0.29) is 11.7 Å². The molecule has 3 atom stereocenters. The summed E-state index contributed by atoms with van der Waals surface area (Å²) in [5.41, 5.74) is 1.95. The number of fused-ring (bicyclic) bond motifs is 2. The van der Waals surface area contributed by atoms with Crippen LogP contribution in [-0.4, -0.2) is 22.6 Å². The van der Waals surface area contributed by atoms with Crippen molar-refractivity contribution < 1.29 is 24.4 Å². The first-order chi connectivity index (χ1) is 15.3. The zero-order valence-electron chi connectivity index (χ0n) is 19.4. The molecule has 6 nitrogen and oxygen atoms in total. The zero-order chi connectivity index (χ0) is 22.3. The van der Waals surface area contributed by atoms with E-state index in [1.54, 1.807) is 6.07 Å². The smallest absolute Gasteiger partial charge is 0.217 e. The summed E-state index contributed by atoms with van der Waals surface area (Å²) in [6.45, 7) is 3.92. The Kier molecular flexibility index (Phi) is 5.97. The van der Waals surface area contributed by atoms with Crippen LogP contribution in [0.2, 0.25) is 0 Å². The summed E-state index contributed by atoms with van der Waals surface area (Å²) in [6, 6.07) is 5.75. The van der Waals surface area contributed by atoms with Crippen molar-refractivity contribution in [3.63, 3.8) is 0 Å². The molecule has 1 aromatic rings. The van der Waals surface area contributed by atoms with Crippen LogP contribution >= 0.6 is 0 Å². The first-order valence-corrected chi connectivity index (χ1v) is 12.5. The Morgan fingerprint density at radius 2 is 1.81 bits per heavy atom. The SMILES string of the molecule is CC(=O)NCc1cc(C2CCC3(CC2)OO[C@@](C)(C2CC4CCCC(C4)C2)O3)ccc1O. The van der Waals surface area contributed by atoms with Crippen LogP contribution in [0.25, 0.3) is 0 Å². The molecule has 1 heterocycles. The second-order valence-corrected chi connectivity index (χ2v) is 10.8. The van der Waals surface area contributed by atoms with E-state index < -0.39 is 11.6 Å². The number of phenolic OH excluding ortho intramolecular Hbond substituents is 1. The number of rotatable bonds is 4. The van der Waals surface area contributed by atoms with E-state index in [0.717, 1.165) is 43.1 Å². The Balaban J connectivity index is 1.21. The van der Waals surface area contributed by atoms with Gasteiger partial charge >= 0.3 is 0 Å². The summed E-state index contributed by atoms with van der Waals surface area (Å²) < 4.78 is 6.64. The van der Waals surface area contributed by atoms with Gasteiger partial charge in [-0.25, -0.2) is 0 Å². The third-order valence-electron chi connectivity index (χ3n) is 8.47. The minimum Gasteiger partial charge on any atom is -0.508 e. The highest BCUT2D eigenvalue weighted by atomic mass is 17.3. The average Bonchev–Trinajstić information content (AvgIpc) is 3.11. The van der Waals surface area contributed by atoms with Gasteiger partial charge in [-0.3, -0.25) is 4.79 Å². The molecule has 0 radical (unpaired) electrons. The summed E-state index contributed by atoms with van der Waals surface area (Å²) in [5.74, 6) is 1.30. The third kappa shape index (κ3) is 4.42. The predicted octanol–water partition coefficient (Wildman–Crippen LogP) is 5.29. The molecule has 0 aromatic heterocycles. The van der Waals surface area contributed by atoms with Gasteiger partial charge in [0.05, 0.1) is 0 Å². The van der Waals surface area contributed by atoms with Crippen LogP contribution in [0, 0.1) is 17.8 Å². The Morgan fingerprint density at radius 3 is 2.50 bits per heavy atom. The summed E-state index contributed by atoms with van der Waals surface area (Å²) >= 11 is 0. The van der Waals surface area contributed by atoms with Crippen molar-refractivity contribution in [2.45, 2.75) is 102 Å². The Morgan fingerprint density at radius 1 is 1.09 bits per heavy atom. The first-order valence-electron chi connectivity index (χ1n) is 12.5. The molecule has 2 bridgehead atoms. The molecule has 1 saturated heterocycles. The van der Waals surface area contributed by atoms with Crippen LogP contribution in [0.1, 0.15) is 95.1 Å². The molecular weight excluding hydrogens is 406 g/mol. The normalized spacial score (nSPS) is 39.2. The monoisotopic (exact) mass is 443 g/mol. The molecule has 6 heteroatoms. The van der Waals surface area contributed by atoms with E-state index >= 15 is 0 Å². The Bertz CT molecular complexity index is 837. The number of aromatic hydroxyl groups is 1. The molecule has 4 fully saturated rings. The second kappa shape index (κ2) is 8.62. The summed E-state index contributed by atoms with van der Waals surface area (Å²) in [4.78, 5) is 23.2. The number of benzene rings is 1. The van der Waals surface area contributed by atoms with Gasteiger partial charge < -0.3 is 15.2 Å². The molecule has 4 aliphatic rings. The van der Waals surface area contributed by atoms with Gasteiger partial charge in [-0.1, -0.05) is 31.4 Å². The molecule has 1 amide bonds. The van der Waals surface area contributed by atoms with E-state index in [0.29, 0.717) is 18.4 Å². The minimum absolute atomic E-state index is 0.102. The minimum atomic E-state index is -0.634. The molecule has 1 aliphatic heterocycles. The highest BCUT2D eigenvalue weighted by molar-refractivity contribution is 5.72. The number of phenols is 1. The molecule has 5 rings (SSSR count). The Hall–Kier alpha value is -1.63. The summed E-state index contributed by atoms with van der Waals surface area (Å²) in [7, 11) is 0. The van der Waals surface area contributed by atoms with Crippen LogP contribution in [0.3, 0.4) is 0 Å². The molecule has 2 unspecified atom stereocenters.